The molecule has 0 aliphatic rings. The van der Waals surface area contributed by atoms with Gasteiger partial charge in [-0.2, -0.15) is 0 Å². The van der Waals surface area contributed by atoms with Crippen LogP contribution in [0.5, 0.6) is 5.75 Å². The van der Waals surface area contributed by atoms with Gasteiger partial charge in [-0.25, -0.2) is 4.39 Å². The minimum atomic E-state index is -0.485. The molecule has 1 aromatic heterocycles. The lowest BCUT2D eigenvalue weighted by Gasteiger charge is -1.97. The molecule has 0 amide bonds. The van der Waals surface area contributed by atoms with E-state index >= 15 is 0 Å². The van der Waals surface area contributed by atoms with E-state index in [4.69, 9.17) is 0 Å². The summed E-state index contributed by atoms with van der Waals surface area (Å²) in [5.41, 5.74) is 0.116. The highest BCUT2D eigenvalue weighted by atomic mass is 32.1. The van der Waals surface area contributed by atoms with Crippen LogP contribution in [-0.4, -0.2) is 11.4 Å². The standard InChI is InChI=1S/C9H5FO2S/c10-6-4-13-7-2-1-5(3-11)9(12)8(6)7/h1-4,12H. The van der Waals surface area contributed by atoms with Gasteiger partial charge in [0.1, 0.15) is 11.6 Å². The second kappa shape index (κ2) is 2.81. The lowest BCUT2D eigenvalue weighted by atomic mass is 10.1. The SMILES string of the molecule is O=Cc1ccc2scc(F)c2c1O. The fraction of sp³-hybridized carbons (Fsp3) is 0. The van der Waals surface area contributed by atoms with Crippen molar-refractivity contribution >= 4 is 27.7 Å². The van der Waals surface area contributed by atoms with Crippen molar-refractivity contribution in [3.63, 3.8) is 0 Å². The second-order valence-electron chi connectivity index (χ2n) is 2.58. The predicted molar refractivity (Wildman–Crippen MR) is 48.8 cm³/mol. The molecule has 0 aliphatic heterocycles. The van der Waals surface area contributed by atoms with Gasteiger partial charge >= 0.3 is 0 Å². The summed E-state index contributed by atoms with van der Waals surface area (Å²) in [4.78, 5) is 10.4. The third-order valence-corrected chi connectivity index (χ3v) is 2.74. The number of thiophene rings is 1. The number of hydrogen-bond donors (Lipinski definition) is 1. The van der Waals surface area contributed by atoms with Gasteiger partial charge in [-0.1, -0.05) is 0 Å². The Morgan fingerprint density at radius 2 is 2.23 bits per heavy atom. The van der Waals surface area contributed by atoms with Gasteiger partial charge in [0.05, 0.1) is 10.9 Å². The monoisotopic (exact) mass is 196 g/mol. The maximum atomic E-state index is 13.1. The van der Waals surface area contributed by atoms with Crippen molar-refractivity contribution in [1.82, 2.24) is 0 Å². The maximum absolute atomic E-state index is 13.1. The first kappa shape index (κ1) is 8.19. The van der Waals surface area contributed by atoms with E-state index in [1.54, 1.807) is 6.07 Å². The Kier molecular flexibility index (Phi) is 1.77. The van der Waals surface area contributed by atoms with Crippen LogP contribution in [0.3, 0.4) is 0 Å². The Bertz CT molecular complexity index is 476. The first-order valence-electron chi connectivity index (χ1n) is 3.58. The number of benzene rings is 1. The zero-order valence-corrected chi connectivity index (χ0v) is 7.27. The average Bonchev–Trinajstić information content (AvgIpc) is 2.49. The molecule has 0 fully saturated rings. The molecule has 2 rings (SSSR count). The highest BCUT2D eigenvalue weighted by Crippen LogP contribution is 2.33. The van der Waals surface area contributed by atoms with Gasteiger partial charge in [0.2, 0.25) is 0 Å². The topological polar surface area (TPSA) is 37.3 Å². The van der Waals surface area contributed by atoms with Gasteiger partial charge < -0.3 is 5.11 Å². The fourth-order valence-corrected chi connectivity index (χ4v) is 1.99. The Hall–Kier alpha value is -1.42. The normalized spacial score (nSPS) is 10.5. The van der Waals surface area contributed by atoms with Gasteiger partial charge in [-0.15, -0.1) is 11.3 Å². The molecule has 0 bridgehead atoms. The van der Waals surface area contributed by atoms with E-state index in [1.165, 1.54) is 22.8 Å². The van der Waals surface area contributed by atoms with Gasteiger partial charge in [-0.05, 0) is 12.1 Å². The van der Waals surface area contributed by atoms with Crippen LogP contribution in [0.25, 0.3) is 10.1 Å². The highest BCUT2D eigenvalue weighted by Gasteiger charge is 2.11. The summed E-state index contributed by atoms with van der Waals surface area (Å²) in [7, 11) is 0. The number of aldehydes is 1. The van der Waals surface area contributed by atoms with E-state index < -0.39 is 5.82 Å². The van der Waals surface area contributed by atoms with E-state index in [9.17, 15) is 14.3 Å². The van der Waals surface area contributed by atoms with Crippen molar-refractivity contribution < 1.29 is 14.3 Å². The Morgan fingerprint density at radius 1 is 1.46 bits per heavy atom. The summed E-state index contributed by atoms with van der Waals surface area (Å²) < 4.78 is 13.7. The Labute approximate surface area is 77.2 Å². The van der Waals surface area contributed by atoms with E-state index in [0.717, 1.165) is 0 Å². The van der Waals surface area contributed by atoms with E-state index in [2.05, 4.69) is 0 Å². The minimum absolute atomic E-state index is 0.116. The van der Waals surface area contributed by atoms with Gasteiger partial charge in [0.15, 0.2) is 6.29 Å². The molecule has 2 nitrogen and oxygen atoms in total. The predicted octanol–water partition coefficient (Wildman–Crippen LogP) is 2.56. The fourth-order valence-electron chi connectivity index (χ4n) is 1.19. The van der Waals surface area contributed by atoms with E-state index in [-0.39, 0.29) is 16.7 Å². The van der Waals surface area contributed by atoms with Crippen LogP contribution in [0.4, 0.5) is 4.39 Å². The summed E-state index contributed by atoms with van der Waals surface area (Å²) in [6.45, 7) is 0. The average molecular weight is 196 g/mol. The molecular weight excluding hydrogens is 191 g/mol. The largest absolute Gasteiger partial charge is 0.506 e. The molecular formula is C9H5FO2S. The van der Waals surface area contributed by atoms with E-state index in [0.29, 0.717) is 11.0 Å². The van der Waals surface area contributed by atoms with Crippen molar-refractivity contribution in [3.05, 3.63) is 28.9 Å². The number of fused-ring (bicyclic) bond motifs is 1. The molecule has 2 aromatic rings. The number of carbonyl (C=O) groups excluding carboxylic acids is 1. The van der Waals surface area contributed by atoms with Crippen molar-refractivity contribution in [2.24, 2.45) is 0 Å². The summed E-state index contributed by atoms with van der Waals surface area (Å²) in [5, 5.41) is 10.9. The smallest absolute Gasteiger partial charge is 0.153 e. The summed E-state index contributed by atoms with van der Waals surface area (Å²) in [6, 6.07) is 3.09. The first-order valence-corrected chi connectivity index (χ1v) is 4.46. The summed E-state index contributed by atoms with van der Waals surface area (Å²) in [6.07, 6.45) is 0.506. The molecule has 1 heterocycles. The van der Waals surface area contributed by atoms with Crippen LogP contribution in [0.15, 0.2) is 17.5 Å². The van der Waals surface area contributed by atoms with Crippen LogP contribution >= 0.6 is 11.3 Å². The Balaban J connectivity index is 2.91. The van der Waals surface area contributed by atoms with Crippen molar-refractivity contribution in [2.75, 3.05) is 0 Å². The van der Waals surface area contributed by atoms with Crippen molar-refractivity contribution in [2.45, 2.75) is 0 Å². The molecule has 0 radical (unpaired) electrons. The van der Waals surface area contributed by atoms with Crippen LogP contribution in [-0.2, 0) is 0 Å². The number of rotatable bonds is 1. The summed E-state index contributed by atoms with van der Waals surface area (Å²) in [5.74, 6) is -0.757. The second-order valence-corrected chi connectivity index (χ2v) is 3.49. The molecule has 4 heteroatoms. The number of halogens is 1. The maximum Gasteiger partial charge on any atom is 0.153 e. The molecule has 13 heavy (non-hydrogen) atoms. The van der Waals surface area contributed by atoms with Gasteiger partial charge in [0.25, 0.3) is 0 Å². The summed E-state index contributed by atoms with van der Waals surface area (Å²) >= 11 is 1.20. The number of aromatic hydroxyl groups is 1. The Morgan fingerprint density at radius 3 is 2.92 bits per heavy atom. The number of carbonyl (C=O) groups is 1. The minimum Gasteiger partial charge on any atom is -0.506 e. The molecule has 66 valence electrons. The van der Waals surface area contributed by atoms with Crippen LogP contribution in [0.1, 0.15) is 10.4 Å². The molecule has 1 aromatic carbocycles. The first-order chi connectivity index (χ1) is 6.24. The molecule has 0 atom stereocenters. The third-order valence-electron chi connectivity index (χ3n) is 1.83. The lowest BCUT2D eigenvalue weighted by Crippen LogP contribution is -1.81. The zero-order chi connectivity index (χ0) is 9.42. The molecule has 0 spiro atoms. The highest BCUT2D eigenvalue weighted by molar-refractivity contribution is 7.17. The number of phenols is 1. The van der Waals surface area contributed by atoms with Crippen LogP contribution < -0.4 is 0 Å². The van der Waals surface area contributed by atoms with Crippen molar-refractivity contribution in [1.29, 1.82) is 0 Å². The zero-order valence-electron chi connectivity index (χ0n) is 6.45. The van der Waals surface area contributed by atoms with Crippen LogP contribution in [0, 0.1) is 5.82 Å². The number of hydrogen-bond acceptors (Lipinski definition) is 3. The molecule has 0 aliphatic carbocycles. The quantitative estimate of drug-likeness (QED) is 0.711. The van der Waals surface area contributed by atoms with Gasteiger partial charge in [-0.3, -0.25) is 4.79 Å². The lowest BCUT2D eigenvalue weighted by molar-refractivity contribution is 0.112. The van der Waals surface area contributed by atoms with Crippen LogP contribution in [0.2, 0.25) is 0 Å². The molecule has 0 unspecified atom stereocenters. The molecule has 1 N–H and O–H groups in total. The number of phenolic OH excluding ortho intramolecular Hbond substituents is 1. The third kappa shape index (κ3) is 1.10. The molecule has 0 saturated heterocycles. The van der Waals surface area contributed by atoms with Crippen molar-refractivity contribution in [3.8, 4) is 5.75 Å². The van der Waals surface area contributed by atoms with Gasteiger partial charge in [0, 0.05) is 10.1 Å². The van der Waals surface area contributed by atoms with E-state index in [1.807, 2.05) is 0 Å². The molecule has 0 saturated carbocycles.